The molecule has 1 heterocycles. The normalized spacial score (nSPS) is 18.0. The minimum Gasteiger partial charge on any atom is -0.396 e. The lowest BCUT2D eigenvalue weighted by Crippen LogP contribution is -2.25. The predicted octanol–water partition coefficient (Wildman–Crippen LogP) is 0.765. The summed E-state index contributed by atoms with van der Waals surface area (Å²) in [7, 11) is 0. The zero-order chi connectivity index (χ0) is 10.7. The quantitative estimate of drug-likeness (QED) is 0.727. The maximum absolute atomic E-state index is 9.14. The molecule has 84 valence electrons. The number of nitrogens with one attached hydrogen (secondary N) is 1. The molecule has 15 heavy (non-hydrogen) atoms. The first kappa shape index (κ1) is 10.6. The average molecular weight is 209 g/mol. The van der Waals surface area contributed by atoms with E-state index in [1.807, 2.05) is 10.9 Å². The summed E-state index contributed by atoms with van der Waals surface area (Å²) in [5.74, 6) is 0. The Morgan fingerprint density at radius 2 is 2.40 bits per heavy atom. The van der Waals surface area contributed by atoms with Crippen LogP contribution in [0.3, 0.4) is 0 Å². The van der Waals surface area contributed by atoms with Gasteiger partial charge in [-0.3, -0.25) is 4.68 Å². The van der Waals surface area contributed by atoms with Gasteiger partial charge in [-0.15, -0.1) is 0 Å². The number of nitrogens with zero attached hydrogens (tertiary/aromatic N) is 2. The lowest BCUT2D eigenvalue weighted by atomic mass is 10.1. The van der Waals surface area contributed by atoms with Crippen molar-refractivity contribution in [3.05, 3.63) is 18.0 Å². The van der Waals surface area contributed by atoms with Crippen molar-refractivity contribution in [1.82, 2.24) is 15.1 Å². The van der Waals surface area contributed by atoms with Gasteiger partial charge in [0, 0.05) is 43.4 Å². The molecule has 0 unspecified atom stereocenters. The Balaban J connectivity index is 1.73. The molecule has 1 aromatic heterocycles. The Labute approximate surface area is 90.3 Å². The molecule has 2 rings (SSSR count). The second kappa shape index (κ2) is 4.33. The summed E-state index contributed by atoms with van der Waals surface area (Å²) >= 11 is 0. The summed E-state index contributed by atoms with van der Waals surface area (Å²) in [4.78, 5) is 0. The highest BCUT2D eigenvalue weighted by Crippen LogP contribution is 2.44. The van der Waals surface area contributed by atoms with E-state index >= 15 is 0 Å². The summed E-state index contributed by atoms with van der Waals surface area (Å²) in [6.07, 6.45) is 6.27. The van der Waals surface area contributed by atoms with E-state index in [4.69, 9.17) is 5.11 Å². The van der Waals surface area contributed by atoms with Crippen molar-refractivity contribution >= 4 is 0 Å². The van der Waals surface area contributed by atoms with Gasteiger partial charge in [0.05, 0.1) is 6.20 Å². The van der Waals surface area contributed by atoms with E-state index in [1.165, 1.54) is 5.56 Å². The first-order valence-corrected chi connectivity index (χ1v) is 5.61. The Kier molecular flexibility index (Phi) is 3.07. The van der Waals surface area contributed by atoms with Crippen molar-refractivity contribution in [1.29, 1.82) is 0 Å². The SMILES string of the molecule is CCn1cc(CNCC2(CO)CC2)cn1. The zero-order valence-corrected chi connectivity index (χ0v) is 9.24. The molecule has 0 atom stereocenters. The Morgan fingerprint density at radius 3 is 2.93 bits per heavy atom. The molecule has 0 spiro atoms. The third kappa shape index (κ3) is 2.58. The fourth-order valence-corrected chi connectivity index (χ4v) is 1.71. The number of aryl methyl sites for hydroxylation is 1. The highest BCUT2D eigenvalue weighted by Gasteiger charge is 2.41. The van der Waals surface area contributed by atoms with Crippen LogP contribution in [0.5, 0.6) is 0 Å². The third-order valence-electron chi connectivity index (χ3n) is 3.13. The van der Waals surface area contributed by atoms with E-state index in [-0.39, 0.29) is 5.41 Å². The molecule has 2 N–H and O–H groups in total. The predicted molar refractivity (Wildman–Crippen MR) is 58.4 cm³/mol. The maximum atomic E-state index is 9.14. The number of aliphatic hydroxyl groups is 1. The zero-order valence-electron chi connectivity index (χ0n) is 9.24. The Bertz CT molecular complexity index is 317. The number of rotatable bonds is 6. The van der Waals surface area contributed by atoms with E-state index in [1.54, 1.807) is 0 Å². The second-order valence-electron chi connectivity index (χ2n) is 4.47. The van der Waals surface area contributed by atoms with Crippen LogP contribution in [0.2, 0.25) is 0 Å². The molecule has 0 amide bonds. The number of aromatic nitrogens is 2. The van der Waals surface area contributed by atoms with Crippen LogP contribution in [0, 0.1) is 5.41 Å². The smallest absolute Gasteiger partial charge is 0.0534 e. The van der Waals surface area contributed by atoms with Crippen LogP contribution in [0.4, 0.5) is 0 Å². The van der Waals surface area contributed by atoms with Gasteiger partial charge in [-0.1, -0.05) is 0 Å². The summed E-state index contributed by atoms with van der Waals surface area (Å²) in [6, 6.07) is 0. The van der Waals surface area contributed by atoms with Crippen LogP contribution in [0.25, 0.3) is 0 Å². The highest BCUT2D eigenvalue weighted by atomic mass is 16.3. The van der Waals surface area contributed by atoms with Crippen LogP contribution in [0.1, 0.15) is 25.3 Å². The van der Waals surface area contributed by atoms with E-state index in [2.05, 4.69) is 23.5 Å². The molecule has 1 aliphatic rings. The van der Waals surface area contributed by atoms with Gasteiger partial charge in [0.25, 0.3) is 0 Å². The summed E-state index contributed by atoms with van der Waals surface area (Å²) in [5.41, 5.74) is 1.41. The number of hydrogen-bond donors (Lipinski definition) is 2. The molecule has 0 aliphatic heterocycles. The minimum atomic E-state index is 0.195. The monoisotopic (exact) mass is 209 g/mol. The first-order valence-electron chi connectivity index (χ1n) is 5.61. The standard InChI is InChI=1S/C11H19N3O/c1-2-14-7-10(6-13-14)5-12-8-11(9-15)3-4-11/h6-7,12,15H,2-5,8-9H2,1H3. The van der Waals surface area contributed by atoms with Crippen LogP contribution in [-0.2, 0) is 13.1 Å². The lowest BCUT2D eigenvalue weighted by Gasteiger charge is -2.11. The largest absolute Gasteiger partial charge is 0.396 e. The molecular weight excluding hydrogens is 190 g/mol. The lowest BCUT2D eigenvalue weighted by molar-refractivity contribution is 0.207. The van der Waals surface area contributed by atoms with Crippen molar-refractivity contribution in [2.24, 2.45) is 5.41 Å². The average Bonchev–Trinajstić information content (AvgIpc) is 2.89. The van der Waals surface area contributed by atoms with Crippen molar-refractivity contribution in [3.63, 3.8) is 0 Å². The van der Waals surface area contributed by atoms with Crippen molar-refractivity contribution in [2.75, 3.05) is 13.2 Å². The van der Waals surface area contributed by atoms with Crippen LogP contribution < -0.4 is 5.32 Å². The minimum absolute atomic E-state index is 0.195. The topological polar surface area (TPSA) is 50.1 Å². The van der Waals surface area contributed by atoms with E-state index in [0.717, 1.165) is 32.5 Å². The summed E-state index contributed by atoms with van der Waals surface area (Å²) < 4.78 is 1.93. The van der Waals surface area contributed by atoms with E-state index in [9.17, 15) is 0 Å². The van der Waals surface area contributed by atoms with Crippen molar-refractivity contribution < 1.29 is 5.11 Å². The Hall–Kier alpha value is -0.870. The van der Waals surface area contributed by atoms with E-state index in [0.29, 0.717) is 6.61 Å². The molecule has 1 saturated carbocycles. The van der Waals surface area contributed by atoms with Gasteiger partial charge in [-0.25, -0.2) is 0 Å². The van der Waals surface area contributed by atoms with Crippen molar-refractivity contribution in [3.8, 4) is 0 Å². The molecule has 0 aromatic carbocycles. The van der Waals surface area contributed by atoms with Gasteiger partial charge < -0.3 is 10.4 Å². The van der Waals surface area contributed by atoms with Gasteiger partial charge in [0.2, 0.25) is 0 Å². The molecule has 0 bridgehead atoms. The number of aliphatic hydroxyl groups excluding tert-OH is 1. The highest BCUT2D eigenvalue weighted by molar-refractivity contribution is 5.04. The first-order chi connectivity index (χ1) is 7.28. The van der Waals surface area contributed by atoms with Gasteiger partial charge in [0.15, 0.2) is 0 Å². The number of hydrogen-bond acceptors (Lipinski definition) is 3. The van der Waals surface area contributed by atoms with Gasteiger partial charge in [-0.05, 0) is 19.8 Å². The van der Waals surface area contributed by atoms with Crippen LogP contribution in [-0.4, -0.2) is 28.0 Å². The molecule has 0 radical (unpaired) electrons. The molecular formula is C11H19N3O. The fourth-order valence-electron chi connectivity index (χ4n) is 1.71. The van der Waals surface area contributed by atoms with Crippen LogP contribution in [0.15, 0.2) is 12.4 Å². The van der Waals surface area contributed by atoms with E-state index < -0.39 is 0 Å². The summed E-state index contributed by atoms with van der Waals surface area (Å²) in [5, 5.41) is 16.7. The van der Waals surface area contributed by atoms with Gasteiger partial charge in [-0.2, -0.15) is 5.10 Å². The van der Waals surface area contributed by atoms with Crippen molar-refractivity contribution in [2.45, 2.75) is 32.9 Å². The maximum Gasteiger partial charge on any atom is 0.0534 e. The molecule has 1 fully saturated rings. The van der Waals surface area contributed by atoms with Crippen LogP contribution >= 0.6 is 0 Å². The molecule has 4 nitrogen and oxygen atoms in total. The molecule has 4 heteroatoms. The fraction of sp³-hybridized carbons (Fsp3) is 0.727. The Morgan fingerprint density at radius 1 is 1.60 bits per heavy atom. The molecule has 0 saturated heterocycles. The van der Waals surface area contributed by atoms with Gasteiger partial charge >= 0.3 is 0 Å². The third-order valence-corrected chi connectivity index (χ3v) is 3.13. The molecule has 1 aromatic rings. The molecule has 1 aliphatic carbocycles. The second-order valence-corrected chi connectivity index (χ2v) is 4.47. The van der Waals surface area contributed by atoms with Gasteiger partial charge in [0.1, 0.15) is 0 Å². The summed E-state index contributed by atoms with van der Waals surface area (Å²) in [6.45, 7) is 5.08.